The molecule has 0 bridgehead atoms. The zero-order valence-corrected chi connectivity index (χ0v) is 17.6. The Morgan fingerprint density at radius 3 is 2.43 bits per heavy atom. The van der Waals surface area contributed by atoms with E-state index in [9.17, 15) is 18.4 Å². The fourth-order valence-corrected chi connectivity index (χ4v) is 3.21. The van der Waals surface area contributed by atoms with Gasteiger partial charge in [-0.15, -0.1) is 0 Å². The number of halogens is 3. The van der Waals surface area contributed by atoms with E-state index in [4.69, 9.17) is 16.3 Å². The van der Waals surface area contributed by atoms with Gasteiger partial charge in [-0.05, 0) is 52.0 Å². The summed E-state index contributed by atoms with van der Waals surface area (Å²) in [5.41, 5.74) is -1.16. The second-order valence-electron chi connectivity index (χ2n) is 7.74. The van der Waals surface area contributed by atoms with Crippen LogP contribution in [0, 0.1) is 11.6 Å². The van der Waals surface area contributed by atoms with Crippen LogP contribution in [0.2, 0.25) is 5.02 Å². The molecule has 158 valence electrons. The molecule has 1 amide bonds. The number of rotatable bonds is 3. The number of hydrogen-bond acceptors (Lipinski definition) is 4. The third-order valence-corrected chi connectivity index (χ3v) is 4.41. The lowest BCUT2D eigenvalue weighted by Crippen LogP contribution is -2.37. The molecule has 2 aromatic carbocycles. The van der Waals surface area contributed by atoms with Crippen molar-refractivity contribution in [3.63, 3.8) is 0 Å². The molecule has 9 heteroatoms. The smallest absolute Gasteiger partial charge is 0.408 e. The van der Waals surface area contributed by atoms with Gasteiger partial charge in [0, 0.05) is 6.07 Å². The van der Waals surface area contributed by atoms with Gasteiger partial charge in [0.1, 0.15) is 23.1 Å². The van der Waals surface area contributed by atoms with Gasteiger partial charge in [-0.25, -0.2) is 18.6 Å². The standard InChI is InChI=1S/C21H20ClF2N3O3/c1-11(25-20(29)30-21(2,3)4)18-26-16-7-5-6-15(22)17(16)19(28)27(18)14-9-12(23)8-13(24)10-14/h5-11H,1-4H3,(H,25,29). The lowest BCUT2D eigenvalue weighted by atomic mass is 10.2. The minimum atomic E-state index is -0.866. The summed E-state index contributed by atoms with van der Waals surface area (Å²) in [6.07, 6.45) is -0.729. The molecule has 0 aliphatic heterocycles. The molecular weight excluding hydrogens is 416 g/mol. The molecule has 1 atom stereocenters. The second-order valence-corrected chi connectivity index (χ2v) is 8.15. The maximum Gasteiger partial charge on any atom is 0.408 e. The summed E-state index contributed by atoms with van der Waals surface area (Å²) in [4.78, 5) is 29.9. The highest BCUT2D eigenvalue weighted by atomic mass is 35.5. The molecule has 0 aliphatic rings. The third-order valence-electron chi connectivity index (χ3n) is 4.10. The number of benzene rings is 2. The summed E-state index contributed by atoms with van der Waals surface area (Å²) >= 11 is 6.18. The minimum Gasteiger partial charge on any atom is -0.444 e. The van der Waals surface area contributed by atoms with Crippen molar-refractivity contribution in [2.75, 3.05) is 0 Å². The quantitative estimate of drug-likeness (QED) is 0.634. The van der Waals surface area contributed by atoms with Crippen LogP contribution in [0.1, 0.15) is 39.6 Å². The molecule has 0 aliphatic carbocycles. The van der Waals surface area contributed by atoms with E-state index < -0.39 is 34.9 Å². The van der Waals surface area contributed by atoms with E-state index in [-0.39, 0.29) is 27.4 Å². The molecule has 6 nitrogen and oxygen atoms in total. The van der Waals surface area contributed by atoms with Gasteiger partial charge in [0.25, 0.3) is 5.56 Å². The summed E-state index contributed by atoms with van der Waals surface area (Å²) < 4.78 is 34.0. The van der Waals surface area contributed by atoms with Crippen LogP contribution < -0.4 is 10.9 Å². The Hall–Kier alpha value is -3.00. The molecule has 0 fully saturated rings. The van der Waals surface area contributed by atoms with Crippen LogP contribution in [-0.2, 0) is 4.74 Å². The van der Waals surface area contributed by atoms with Gasteiger partial charge in [0.05, 0.1) is 27.7 Å². The first kappa shape index (κ1) is 21.7. The number of nitrogens with zero attached hydrogens (tertiary/aromatic N) is 2. The average molecular weight is 436 g/mol. The Bertz CT molecular complexity index is 1170. The number of alkyl carbamates (subject to hydrolysis) is 1. The largest absolute Gasteiger partial charge is 0.444 e. The fraction of sp³-hybridized carbons (Fsp3) is 0.286. The van der Waals surface area contributed by atoms with Crippen molar-refractivity contribution in [2.24, 2.45) is 0 Å². The summed E-state index contributed by atoms with van der Waals surface area (Å²) in [5.74, 6) is -1.67. The highest BCUT2D eigenvalue weighted by Crippen LogP contribution is 2.24. The summed E-state index contributed by atoms with van der Waals surface area (Å²) in [6, 6.07) is 6.59. The maximum absolute atomic E-state index is 13.9. The van der Waals surface area contributed by atoms with Gasteiger partial charge in [-0.1, -0.05) is 17.7 Å². The minimum absolute atomic E-state index is 0.0608. The van der Waals surface area contributed by atoms with Gasteiger partial charge in [0.2, 0.25) is 0 Å². The van der Waals surface area contributed by atoms with Crippen LogP contribution in [0.5, 0.6) is 0 Å². The monoisotopic (exact) mass is 435 g/mol. The van der Waals surface area contributed by atoms with Crippen molar-refractivity contribution in [3.8, 4) is 5.69 Å². The molecule has 0 radical (unpaired) electrons. The van der Waals surface area contributed by atoms with E-state index in [0.717, 1.165) is 16.7 Å². The average Bonchev–Trinajstić information content (AvgIpc) is 2.58. The maximum atomic E-state index is 13.9. The van der Waals surface area contributed by atoms with Crippen molar-refractivity contribution in [1.29, 1.82) is 0 Å². The van der Waals surface area contributed by atoms with Crippen molar-refractivity contribution < 1.29 is 18.3 Å². The van der Waals surface area contributed by atoms with E-state index in [1.807, 2.05) is 0 Å². The van der Waals surface area contributed by atoms with Crippen molar-refractivity contribution >= 4 is 28.6 Å². The van der Waals surface area contributed by atoms with Gasteiger partial charge in [0.15, 0.2) is 0 Å². The number of amides is 1. The summed E-state index contributed by atoms with van der Waals surface area (Å²) in [5, 5.41) is 2.84. The molecule has 3 rings (SSSR count). The molecular formula is C21H20ClF2N3O3. The number of hydrogen-bond donors (Lipinski definition) is 1. The summed E-state index contributed by atoms with van der Waals surface area (Å²) in [6.45, 7) is 6.70. The van der Waals surface area contributed by atoms with Crippen molar-refractivity contribution in [2.45, 2.75) is 39.3 Å². The number of aromatic nitrogens is 2. The Balaban J connectivity index is 2.22. The van der Waals surface area contributed by atoms with Crippen LogP contribution in [0.15, 0.2) is 41.2 Å². The third kappa shape index (κ3) is 4.59. The highest BCUT2D eigenvalue weighted by molar-refractivity contribution is 6.35. The van der Waals surface area contributed by atoms with Crippen LogP contribution in [-0.4, -0.2) is 21.2 Å². The van der Waals surface area contributed by atoms with Gasteiger partial charge >= 0.3 is 6.09 Å². The molecule has 1 unspecified atom stereocenters. The van der Waals surface area contributed by atoms with Crippen LogP contribution in [0.3, 0.4) is 0 Å². The number of nitrogens with one attached hydrogen (secondary N) is 1. The molecule has 0 spiro atoms. The molecule has 3 aromatic rings. The Labute approximate surface area is 176 Å². The van der Waals surface area contributed by atoms with Gasteiger partial charge < -0.3 is 10.1 Å². The van der Waals surface area contributed by atoms with Crippen LogP contribution in [0.25, 0.3) is 16.6 Å². The van der Waals surface area contributed by atoms with E-state index in [1.54, 1.807) is 39.8 Å². The Morgan fingerprint density at radius 1 is 1.20 bits per heavy atom. The molecule has 0 saturated carbocycles. The molecule has 30 heavy (non-hydrogen) atoms. The summed E-state index contributed by atoms with van der Waals surface area (Å²) in [7, 11) is 0. The number of carbonyl (C=O) groups is 1. The van der Waals surface area contributed by atoms with E-state index in [0.29, 0.717) is 6.07 Å². The lowest BCUT2D eigenvalue weighted by Gasteiger charge is -2.23. The number of fused-ring (bicyclic) bond motifs is 1. The zero-order chi connectivity index (χ0) is 22.2. The van der Waals surface area contributed by atoms with Crippen LogP contribution >= 0.6 is 11.6 Å². The first-order valence-corrected chi connectivity index (χ1v) is 9.51. The molecule has 0 saturated heterocycles. The highest BCUT2D eigenvalue weighted by Gasteiger charge is 2.23. The Morgan fingerprint density at radius 2 is 1.83 bits per heavy atom. The predicted octanol–water partition coefficient (Wildman–Crippen LogP) is 4.90. The topological polar surface area (TPSA) is 73.2 Å². The van der Waals surface area contributed by atoms with Crippen molar-refractivity contribution in [1.82, 2.24) is 14.9 Å². The van der Waals surface area contributed by atoms with E-state index in [1.165, 1.54) is 6.07 Å². The van der Waals surface area contributed by atoms with E-state index >= 15 is 0 Å². The normalized spacial score (nSPS) is 12.6. The van der Waals surface area contributed by atoms with E-state index in [2.05, 4.69) is 10.3 Å². The molecule has 1 N–H and O–H groups in total. The molecule has 1 aromatic heterocycles. The first-order chi connectivity index (χ1) is 14.0. The Kier molecular flexibility index (Phi) is 5.81. The predicted molar refractivity (Wildman–Crippen MR) is 110 cm³/mol. The zero-order valence-electron chi connectivity index (χ0n) is 16.8. The lowest BCUT2D eigenvalue weighted by molar-refractivity contribution is 0.0505. The first-order valence-electron chi connectivity index (χ1n) is 9.13. The number of carbonyl (C=O) groups excluding carboxylic acids is 1. The number of ether oxygens (including phenoxy) is 1. The van der Waals surface area contributed by atoms with Crippen LogP contribution in [0.4, 0.5) is 13.6 Å². The van der Waals surface area contributed by atoms with Gasteiger partial charge in [-0.2, -0.15) is 0 Å². The SMILES string of the molecule is CC(NC(=O)OC(C)(C)C)c1nc2cccc(Cl)c2c(=O)n1-c1cc(F)cc(F)c1. The fourth-order valence-electron chi connectivity index (χ4n) is 2.96. The van der Waals surface area contributed by atoms with Gasteiger partial charge in [-0.3, -0.25) is 9.36 Å². The van der Waals surface area contributed by atoms with Crippen molar-refractivity contribution in [3.05, 3.63) is 69.2 Å². The molecule has 1 heterocycles. The second kappa shape index (κ2) is 8.02.